The minimum Gasteiger partial charge on any atom is -0.494 e. The summed E-state index contributed by atoms with van der Waals surface area (Å²) in [5.74, 6) is 1.17. The number of unbranched alkanes of at least 4 members (excludes halogenated alkanes) is 1. The molecule has 0 aliphatic rings. The first-order chi connectivity index (χ1) is 10.0. The highest BCUT2D eigenvalue weighted by Crippen LogP contribution is 2.14. The van der Waals surface area contributed by atoms with Crippen molar-refractivity contribution < 1.29 is 9.53 Å². The molecule has 0 bridgehead atoms. The minimum absolute atomic E-state index is 0. The summed E-state index contributed by atoms with van der Waals surface area (Å²) in [7, 11) is 0. The first kappa shape index (κ1) is 20.7. The molecule has 1 aromatic carbocycles. The number of hydrogen-bond acceptors (Lipinski definition) is 3. The number of rotatable bonds is 9. The zero-order valence-electron chi connectivity index (χ0n) is 13.8. The second-order valence-electron chi connectivity index (χ2n) is 5.80. The van der Waals surface area contributed by atoms with Crippen molar-refractivity contribution in [3.8, 4) is 5.75 Å². The molecule has 0 spiro atoms. The highest BCUT2D eigenvalue weighted by molar-refractivity contribution is 5.85. The molecule has 0 aromatic heterocycles. The van der Waals surface area contributed by atoms with Gasteiger partial charge in [0.25, 0.3) is 0 Å². The van der Waals surface area contributed by atoms with Crippen molar-refractivity contribution >= 4 is 18.3 Å². The van der Waals surface area contributed by atoms with E-state index in [9.17, 15) is 4.79 Å². The average molecular weight is 329 g/mol. The quantitative estimate of drug-likeness (QED) is 0.684. The fourth-order valence-corrected chi connectivity index (χ4v) is 2.01. The Bertz CT molecular complexity index is 438. The fourth-order valence-electron chi connectivity index (χ4n) is 2.01. The summed E-state index contributed by atoms with van der Waals surface area (Å²) in [5, 5.41) is 2.88. The van der Waals surface area contributed by atoms with E-state index in [4.69, 9.17) is 10.5 Å². The van der Waals surface area contributed by atoms with Gasteiger partial charge in [-0.1, -0.05) is 39.3 Å². The summed E-state index contributed by atoms with van der Waals surface area (Å²) in [6, 6.07) is 7.38. The summed E-state index contributed by atoms with van der Waals surface area (Å²) in [6.07, 6.45) is 2.86. The van der Waals surface area contributed by atoms with E-state index in [0.29, 0.717) is 18.9 Å². The van der Waals surface area contributed by atoms with Crippen LogP contribution in [-0.4, -0.2) is 18.6 Å². The van der Waals surface area contributed by atoms with Gasteiger partial charge in [0.1, 0.15) is 5.75 Å². The summed E-state index contributed by atoms with van der Waals surface area (Å²) < 4.78 is 5.66. The maximum absolute atomic E-state index is 11.9. The maximum Gasteiger partial charge on any atom is 0.237 e. The van der Waals surface area contributed by atoms with Gasteiger partial charge in [-0.05, 0) is 36.5 Å². The second-order valence-corrected chi connectivity index (χ2v) is 5.80. The van der Waals surface area contributed by atoms with Crippen LogP contribution in [0.15, 0.2) is 24.3 Å². The van der Waals surface area contributed by atoms with E-state index in [2.05, 4.69) is 26.1 Å². The molecule has 1 rings (SSSR count). The predicted octanol–water partition coefficient (Wildman–Crippen LogP) is 3.28. The Hall–Kier alpha value is -1.26. The number of ether oxygens (including phenoxy) is 1. The molecular formula is C17H29ClN2O2. The molecule has 0 radical (unpaired) electrons. The molecule has 0 fully saturated rings. The van der Waals surface area contributed by atoms with Crippen molar-refractivity contribution in [2.75, 3.05) is 6.61 Å². The number of carbonyl (C=O) groups is 1. The van der Waals surface area contributed by atoms with Gasteiger partial charge >= 0.3 is 0 Å². The molecule has 0 unspecified atom stereocenters. The van der Waals surface area contributed by atoms with E-state index in [1.807, 2.05) is 24.3 Å². The minimum atomic E-state index is -0.436. The van der Waals surface area contributed by atoms with Crippen LogP contribution in [0, 0.1) is 5.92 Å². The van der Waals surface area contributed by atoms with Crippen LogP contribution in [-0.2, 0) is 11.3 Å². The third-order valence-corrected chi connectivity index (χ3v) is 3.19. The molecule has 1 amide bonds. The van der Waals surface area contributed by atoms with E-state index >= 15 is 0 Å². The largest absolute Gasteiger partial charge is 0.494 e. The van der Waals surface area contributed by atoms with E-state index in [-0.39, 0.29) is 18.3 Å². The van der Waals surface area contributed by atoms with E-state index < -0.39 is 6.04 Å². The Morgan fingerprint density at radius 3 is 2.73 bits per heavy atom. The summed E-state index contributed by atoms with van der Waals surface area (Å²) in [4.78, 5) is 11.9. The normalized spacial score (nSPS) is 11.7. The van der Waals surface area contributed by atoms with Gasteiger partial charge in [0.05, 0.1) is 12.6 Å². The molecule has 1 atom stereocenters. The lowest BCUT2D eigenvalue weighted by Gasteiger charge is -2.14. The standard InChI is InChI=1S/C17H28N2O2.ClH/c1-4-5-9-21-15-8-6-7-14(11-15)12-19-17(20)16(18)10-13(2)3;/h6-8,11,13,16H,4-5,9-10,12,18H2,1-3H3,(H,19,20);1H/t16-;/m0./s1. The highest BCUT2D eigenvalue weighted by Gasteiger charge is 2.14. The van der Waals surface area contributed by atoms with Gasteiger partial charge in [-0.25, -0.2) is 0 Å². The predicted molar refractivity (Wildman–Crippen MR) is 93.4 cm³/mol. The monoisotopic (exact) mass is 328 g/mol. The number of nitrogens with one attached hydrogen (secondary N) is 1. The topological polar surface area (TPSA) is 64.3 Å². The van der Waals surface area contributed by atoms with Crippen molar-refractivity contribution in [1.82, 2.24) is 5.32 Å². The van der Waals surface area contributed by atoms with Crippen LogP contribution in [0.25, 0.3) is 0 Å². The molecule has 0 aliphatic heterocycles. The zero-order chi connectivity index (χ0) is 15.7. The number of amides is 1. The van der Waals surface area contributed by atoms with Crippen molar-refractivity contribution in [2.24, 2.45) is 11.7 Å². The summed E-state index contributed by atoms with van der Waals surface area (Å²) in [5.41, 5.74) is 6.88. The lowest BCUT2D eigenvalue weighted by molar-refractivity contribution is -0.122. The van der Waals surface area contributed by atoms with Crippen molar-refractivity contribution in [1.29, 1.82) is 0 Å². The molecule has 5 heteroatoms. The molecule has 4 nitrogen and oxygen atoms in total. The van der Waals surface area contributed by atoms with Crippen LogP contribution >= 0.6 is 12.4 Å². The molecule has 126 valence electrons. The Morgan fingerprint density at radius 2 is 2.09 bits per heavy atom. The molecule has 1 aromatic rings. The highest BCUT2D eigenvalue weighted by atomic mass is 35.5. The van der Waals surface area contributed by atoms with Crippen LogP contribution in [0.3, 0.4) is 0 Å². The van der Waals surface area contributed by atoms with Gasteiger partial charge in [0, 0.05) is 6.54 Å². The number of benzene rings is 1. The summed E-state index contributed by atoms with van der Waals surface area (Å²) in [6.45, 7) is 7.46. The van der Waals surface area contributed by atoms with Crippen molar-refractivity contribution in [3.05, 3.63) is 29.8 Å². The molecule has 0 aliphatic carbocycles. The Morgan fingerprint density at radius 1 is 1.36 bits per heavy atom. The maximum atomic E-state index is 11.9. The third-order valence-electron chi connectivity index (χ3n) is 3.19. The van der Waals surface area contributed by atoms with Crippen molar-refractivity contribution in [3.63, 3.8) is 0 Å². The number of hydrogen-bond donors (Lipinski definition) is 2. The van der Waals surface area contributed by atoms with Crippen molar-refractivity contribution in [2.45, 2.75) is 52.6 Å². The smallest absolute Gasteiger partial charge is 0.237 e. The van der Waals surface area contributed by atoms with Crippen LogP contribution in [0.1, 0.15) is 45.6 Å². The Labute approximate surface area is 140 Å². The lowest BCUT2D eigenvalue weighted by Crippen LogP contribution is -2.41. The van der Waals surface area contributed by atoms with E-state index in [1.165, 1.54) is 0 Å². The Balaban J connectivity index is 0.00000441. The molecule has 0 heterocycles. The number of carbonyl (C=O) groups excluding carboxylic acids is 1. The van der Waals surface area contributed by atoms with Gasteiger partial charge in [-0.2, -0.15) is 0 Å². The molecule has 0 saturated carbocycles. The molecule has 22 heavy (non-hydrogen) atoms. The van der Waals surface area contributed by atoms with E-state index in [0.717, 1.165) is 30.8 Å². The van der Waals surface area contributed by atoms with Crippen LogP contribution in [0.4, 0.5) is 0 Å². The molecule has 0 saturated heterocycles. The zero-order valence-corrected chi connectivity index (χ0v) is 14.6. The molecular weight excluding hydrogens is 300 g/mol. The lowest BCUT2D eigenvalue weighted by atomic mass is 10.0. The first-order valence-electron chi connectivity index (χ1n) is 7.78. The van der Waals surface area contributed by atoms with Crippen LogP contribution < -0.4 is 15.8 Å². The van der Waals surface area contributed by atoms with Gasteiger partial charge < -0.3 is 15.8 Å². The van der Waals surface area contributed by atoms with Gasteiger partial charge in [0.2, 0.25) is 5.91 Å². The fraction of sp³-hybridized carbons (Fsp3) is 0.588. The SMILES string of the molecule is CCCCOc1cccc(CNC(=O)[C@@H](N)CC(C)C)c1.Cl. The molecule has 3 N–H and O–H groups in total. The second kappa shape index (κ2) is 11.3. The first-order valence-corrected chi connectivity index (χ1v) is 7.78. The van der Waals surface area contributed by atoms with Gasteiger partial charge in [0.15, 0.2) is 0 Å². The van der Waals surface area contributed by atoms with E-state index in [1.54, 1.807) is 0 Å². The average Bonchev–Trinajstić information content (AvgIpc) is 2.45. The Kier molecular flexibility index (Phi) is 10.7. The van der Waals surface area contributed by atoms with Crippen LogP contribution in [0.2, 0.25) is 0 Å². The van der Waals surface area contributed by atoms with Crippen LogP contribution in [0.5, 0.6) is 5.75 Å². The van der Waals surface area contributed by atoms with Gasteiger partial charge in [-0.15, -0.1) is 12.4 Å². The van der Waals surface area contributed by atoms with Gasteiger partial charge in [-0.3, -0.25) is 4.79 Å². The third kappa shape index (κ3) is 8.25. The number of nitrogens with two attached hydrogens (primary N) is 1. The summed E-state index contributed by atoms with van der Waals surface area (Å²) >= 11 is 0. The number of halogens is 1.